The molecule has 0 amide bonds. The second-order valence-corrected chi connectivity index (χ2v) is 4.23. The third-order valence-corrected chi connectivity index (χ3v) is 3.25. The van der Waals surface area contributed by atoms with Crippen molar-refractivity contribution in [3.8, 4) is 0 Å². The summed E-state index contributed by atoms with van der Waals surface area (Å²) in [5, 5.41) is 9.39. The predicted molar refractivity (Wildman–Crippen MR) is 57.0 cm³/mol. The number of halogens is 1. The summed E-state index contributed by atoms with van der Waals surface area (Å²) in [6.07, 6.45) is -0.494. The zero-order valence-electron chi connectivity index (χ0n) is 8.15. The first kappa shape index (κ1) is 9.97. The lowest BCUT2D eigenvalue weighted by molar-refractivity contribution is 0.103. The average molecular weight is 212 g/mol. The van der Waals surface area contributed by atoms with Crippen LogP contribution in [0.4, 0.5) is 0 Å². The van der Waals surface area contributed by atoms with E-state index in [4.69, 9.17) is 11.6 Å². The Bertz CT molecular complexity index is 302. The Balaban J connectivity index is 2.12. The largest absolute Gasteiger partial charge is 0.390 e. The molecule has 1 aliphatic rings. The summed E-state index contributed by atoms with van der Waals surface area (Å²) in [6.45, 7) is 3.41. The van der Waals surface area contributed by atoms with Crippen LogP contribution in [-0.2, 0) is 13.1 Å². The molecular formula is C11H14ClNO. The summed E-state index contributed by atoms with van der Waals surface area (Å²) in [7, 11) is 0. The molecule has 2 rings (SSSR count). The van der Waals surface area contributed by atoms with Crippen LogP contribution in [-0.4, -0.2) is 21.6 Å². The smallest absolute Gasteiger partial charge is 0.112 e. The molecule has 0 fully saturated rings. The standard InChI is InChI=1S/C11H14ClNO/c1-8(14)11(12)13-6-9-4-2-3-5-10(9)7-13/h2-5,8,11,14H,6-7H2,1H3. The normalized spacial score (nSPS) is 20.5. The van der Waals surface area contributed by atoms with Crippen molar-refractivity contribution in [3.63, 3.8) is 0 Å². The molecule has 0 radical (unpaired) electrons. The molecule has 0 saturated carbocycles. The highest BCUT2D eigenvalue weighted by molar-refractivity contribution is 6.20. The minimum atomic E-state index is -0.494. The van der Waals surface area contributed by atoms with E-state index in [1.165, 1.54) is 11.1 Å². The zero-order valence-corrected chi connectivity index (χ0v) is 8.91. The number of hydrogen-bond donors (Lipinski definition) is 1. The van der Waals surface area contributed by atoms with Crippen LogP contribution in [0.1, 0.15) is 18.1 Å². The molecule has 0 aromatic heterocycles. The van der Waals surface area contributed by atoms with E-state index in [2.05, 4.69) is 17.0 Å². The summed E-state index contributed by atoms with van der Waals surface area (Å²) >= 11 is 6.09. The van der Waals surface area contributed by atoms with Crippen molar-refractivity contribution in [2.45, 2.75) is 31.6 Å². The summed E-state index contributed by atoms with van der Waals surface area (Å²) in [5.41, 5.74) is 2.35. The van der Waals surface area contributed by atoms with E-state index in [-0.39, 0.29) is 5.50 Å². The Morgan fingerprint density at radius 1 is 1.29 bits per heavy atom. The minimum absolute atomic E-state index is 0.289. The highest BCUT2D eigenvalue weighted by Gasteiger charge is 2.26. The van der Waals surface area contributed by atoms with Crippen LogP contribution in [0.15, 0.2) is 24.3 Å². The molecule has 1 aliphatic heterocycles. The van der Waals surface area contributed by atoms with E-state index in [9.17, 15) is 5.11 Å². The number of aliphatic hydroxyl groups excluding tert-OH is 1. The molecule has 2 unspecified atom stereocenters. The van der Waals surface area contributed by atoms with Crippen LogP contribution >= 0.6 is 11.6 Å². The Hall–Kier alpha value is -0.570. The van der Waals surface area contributed by atoms with Crippen molar-refractivity contribution in [1.29, 1.82) is 0 Å². The molecule has 76 valence electrons. The lowest BCUT2D eigenvalue weighted by Gasteiger charge is -2.23. The van der Waals surface area contributed by atoms with Gasteiger partial charge < -0.3 is 5.11 Å². The summed E-state index contributed by atoms with van der Waals surface area (Å²) in [6, 6.07) is 8.30. The highest BCUT2D eigenvalue weighted by Crippen LogP contribution is 2.26. The van der Waals surface area contributed by atoms with Gasteiger partial charge in [-0.05, 0) is 18.1 Å². The Labute approximate surface area is 89.1 Å². The maximum absolute atomic E-state index is 9.39. The zero-order chi connectivity index (χ0) is 10.1. The van der Waals surface area contributed by atoms with Gasteiger partial charge in [0.05, 0.1) is 6.10 Å². The van der Waals surface area contributed by atoms with Crippen molar-refractivity contribution in [2.75, 3.05) is 0 Å². The van der Waals surface area contributed by atoms with Gasteiger partial charge in [0.1, 0.15) is 5.50 Å². The van der Waals surface area contributed by atoms with Crippen molar-refractivity contribution < 1.29 is 5.11 Å². The molecule has 0 aliphatic carbocycles. The second kappa shape index (κ2) is 3.89. The van der Waals surface area contributed by atoms with Gasteiger partial charge in [-0.3, -0.25) is 4.90 Å². The maximum Gasteiger partial charge on any atom is 0.112 e. The molecule has 2 atom stereocenters. The van der Waals surface area contributed by atoms with Gasteiger partial charge in [-0.2, -0.15) is 0 Å². The van der Waals surface area contributed by atoms with Crippen LogP contribution in [0.2, 0.25) is 0 Å². The van der Waals surface area contributed by atoms with Gasteiger partial charge in [0.15, 0.2) is 0 Å². The van der Waals surface area contributed by atoms with Gasteiger partial charge >= 0.3 is 0 Å². The molecular weight excluding hydrogens is 198 g/mol. The van der Waals surface area contributed by atoms with Gasteiger partial charge in [0.2, 0.25) is 0 Å². The number of hydrogen-bond acceptors (Lipinski definition) is 2. The second-order valence-electron chi connectivity index (χ2n) is 3.79. The van der Waals surface area contributed by atoms with Crippen LogP contribution in [0.5, 0.6) is 0 Å². The minimum Gasteiger partial charge on any atom is -0.390 e. The summed E-state index contributed by atoms with van der Waals surface area (Å²) < 4.78 is 0. The van der Waals surface area contributed by atoms with Crippen molar-refractivity contribution in [1.82, 2.24) is 4.90 Å². The highest BCUT2D eigenvalue weighted by atomic mass is 35.5. The fourth-order valence-corrected chi connectivity index (χ4v) is 1.98. The number of rotatable bonds is 2. The first-order valence-electron chi connectivity index (χ1n) is 4.81. The number of aliphatic hydroxyl groups is 1. The number of fused-ring (bicyclic) bond motifs is 1. The van der Waals surface area contributed by atoms with Crippen LogP contribution in [0, 0.1) is 0 Å². The number of alkyl halides is 1. The first-order valence-corrected chi connectivity index (χ1v) is 5.25. The Morgan fingerprint density at radius 3 is 2.21 bits per heavy atom. The third-order valence-electron chi connectivity index (χ3n) is 2.61. The summed E-state index contributed by atoms with van der Waals surface area (Å²) in [4.78, 5) is 2.08. The monoisotopic (exact) mass is 211 g/mol. The van der Waals surface area contributed by atoms with Gasteiger partial charge in [0, 0.05) is 13.1 Å². The molecule has 0 saturated heterocycles. The SMILES string of the molecule is CC(O)C(Cl)N1Cc2ccccc2C1. The average Bonchev–Trinajstić information content (AvgIpc) is 2.59. The van der Waals surface area contributed by atoms with Gasteiger partial charge in [-0.15, -0.1) is 11.6 Å². The molecule has 1 N–H and O–H groups in total. The van der Waals surface area contributed by atoms with Gasteiger partial charge in [-0.1, -0.05) is 24.3 Å². The fourth-order valence-electron chi connectivity index (χ4n) is 1.84. The van der Waals surface area contributed by atoms with E-state index in [0.717, 1.165) is 13.1 Å². The molecule has 0 bridgehead atoms. The molecule has 3 heteroatoms. The third kappa shape index (κ3) is 1.78. The topological polar surface area (TPSA) is 23.5 Å². The molecule has 2 nitrogen and oxygen atoms in total. The molecule has 1 heterocycles. The van der Waals surface area contributed by atoms with E-state index < -0.39 is 6.10 Å². The van der Waals surface area contributed by atoms with E-state index in [0.29, 0.717) is 0 Å². The predicted octanol–water partition coefficient (Wildman–Crippen LogP) is 1.95. The maximum atomic E-state index is 9.39. The van der Waals surface area contributed by atoms with Crippen LogP contribution in [0.25, 0.3) is 0 Å². The van der Waals surface area contributed by atoms with Crippen molar-refractivity contribution >= 4 is 11.6 Å². The Kier molecular flexibility index (Phi) is 2.77. The fraction of sp³-hybridized carbons (Fsp3) is 0.455. The quantitative estimate of drug-likeness (QED) is 0.597. The molecule has 1 aromatic carbocycles. The summed E-state index contributed by atoms with van der Waals surface area (Å²) in [5.74, 6) is 0. The lowest BCUT2D eigenvalue weighted by Crippen LogP contribution is -2.34. The molecule has 14 heavy (non-hydrogen) atoms. The van der Waals surface area contributed by atoms with E-state index in [1.54, 1.807) is 6.92 Å². The van der Waals surface area contributed by atoms with Gasteiger partial charge in [-0.25, -0.2) is 0 Å². The van der Waals surface area contributed by atoms with E-state index in [1.807, 2.05) is 12.1 Å². The Morgan fingerprint density at radius 2 is 1.79 bits per heavy atom. The van der Waals surface area contributed by atoms with Crippen LogP contribution < -0.4 is 0 Å². The number of nitrogens with zero attached hydrogens (tertiary/aromatic N) is 1. The van der Waals surface area contributed by atoms with Gasteiger partial charge in [0.25, 0.3) is 0 Å². The van der Waals surface area contributed by atoms with Crippen molar-refractivity contribution in [3.05, 3.63) is 35.4 Å². The van der Waals surface area contributed by atoms with E-state index >= 15 is 0 Å². The molecule has 1 aromatic rings. The van der Waals surface area contributed by atoms with Crippen molar-refractivity contribution in [2.24, 2.45) is 0 Å². The van der Waals surface area contributed by atoms with Crippen LogP contribution in [0.3, 0.4) is 0 Å². The number of benzene rings is 1. The first-order chi connectivity index (χ1) is 6.68. The lowest BCUT2D eigenvalue weighted by atomic mass is 10.1. The molecule has 0 spiro atoms.